The predicted molar refractivity (Wildman–Crippen MR) is 78.0 cm³/mol. The molecule has 0 spiro atoms. The molecule has 1 aromatic heterocycles. The quantitative estimate of drug-likeness (QED) is 0.787. The number of aromatic nitrogens is 2. The molecule has 19 heavy (non-hydrogen) atoms. The Morgan fingerprint density at radius 3 is 2.95 bits per heavy atom. The first-order valence-corrected chi connectivity index (χ1v) is 8.25. The fourth-order valence-corrected chi connectivity index (χ4v) is 3.31. The van der Waals surface area contributed by atoms with Gasteiger partial charge in [-0.25, -0.2) is 0 Å². The van der Waals surface area contributed by atoms with Gasteiger partial charge in [0.05, 0.1) is 17.9 Å². The lowest BCUT2D eigenvalue weighted by atomic mass is 10.1. The number of carbonyl (C=O) groups excluding carboxylic acids is 1. The van der Waals surface area contributed by atoms with Gasteiger partial charge in [-0.15, -0.1) is 5.10 Å². The van der Waals surface area contributed by atoms with Crippen molar-refractivity contribution >= 4 is 33.4 Å². The van der Waals surface area contributed by atoms with Gasteiger partial charge in [-0.1, -0.05) is 34.3 Å². The van der Waals surface area contributed by atoms with Gasteiger partial charge in [0.2, 0.25) is 0 Å². The molecule has 0 bridgehead atoms. The highest BCUT2D eigenvalue weighted by Gasteiger charge is 2.31. The second-order valence-corrected chi connectivity index (χ2v) is 6.48. The Morgan fingerprint density at radius 2 is 2.32 bits per heavy atom. The van der Waals surface area contributed by atoms with Crippen LogP contribution in [-0.4, -0.2) is 51.0 Å². The van der Waals surface area contributed by atoms with E-state index in [1.165, 1.54) is 11.5 Å². The van der Waals surface area contributed by atoms with Gasteiger partial charge in [0.15, 0.2) is 0 Å². The van der Waals surface area contributed by atoms with Gasteiger partial charge in [-0.05, 0) is 24.4 Å². The molecule has 2 unspecified atom stereocenters. The summed E-state index contributed by atoms with van der Waals surface area (Å²) in [6, 6.07) is 0. The van der Waals surface area contributed by atoms with Crippen molar-refractivity contribution in [1.29, 1.82) is 0 Å². The lowest BCUT2D eigenvalue weighted by Gasteiger charge is -2.36. The first-order valence-electron chi connectivity index (χ1n) is 6.35. The van der Waals surface area contributed by atoms with Crippen LogP contribution in [0.15, 0.2) is 0 Å². The third kappa shape index (κ3) is 3.32. The summed E-state index contributed by atoms with van der Waals surface area (Å²) in [5.41, 5.74) is 0.796. The number of halogens is 1. The van der Waals surface area contributed by atoms with E-state index in [1.54, 1.807) is 0 Å². The first kappa shape index (κ1) is 14.9. The van der Waals surface area contributed by atoms with Gasteiger partial charge in [0.25, 0.3) is 5.91 Å². The predicted octanol–water partition coefficient (Wildman–Crippen LogP) is 2.29. The second kappa shape index (κ2) is 6.28. The summed E-state index contributed by atoms with van der Waals surface area (Å²) in [6.45, 7) is 7.28. The highest BCUT2D eigenvalue weighted by Crippen LogP contribution is 2.23. The van der Waals surface area contributed by atoms with Crippen LogP contribution >= 0.6 is 27.5 Å². The Bertz CT molecular complexity index is 452. The van der Waals surface area contributed by atoms with Gasteiger partial charge in [-0.2, -0.15) is 0 Å². The Kier molecular flexibility index (Phi) is 4.92. The summed E-state index contributed by atoms with van der Waals surface area (Å²) < 4.78 is 9.66. The van der Waals surface area contributed by atoms with Crippen LogP contribution in [0.3, 0.4) is 0 Å². The Hall–Kier alpha value is -0.530. The molecule has 7 heteroatoms. The Morgan fingerprint density at radius 1 is 1.58 bits per heavy atom. The molecule has 0 aliphatic carbocycles. The van der Waals surface area contributed by atoms with Crippen molar-refractivity contribution in [3.63, 3.8) is 0 Å². The second-order valence-electron chi connectivity index (χ2n) is 5.08. The molecule has 106 valence electrons. The van der Waals surface area contributed by atoms with Crippen molar-refractivity contribution in [2.45, 2.75) is 38.9 Å². The number of rotatable bonds is 3. The van der Waals surface area contributed by atoms with Crippen molar-refractivity contribution in [2.75, 3.05) is 18.4 Å². The lowest BCUT2D eigenvalue weighted by molar-refractivity contribution is -0.0558. The van der Waals surface area contributed by atoms with Crippen molar-refractivity contribution in [2.24, 2.45) is 0 Å². The number of nitrogens with zero attached hydrogens (tertiary/aromatic N) is 3. The van der Waals surface area contributed by atoms with Gasteiger partial charge < -0.3 is 9.64 Å². The van der Waals surface area contributed by atoms with E-state index in [0.717, 1.165) is 11.0 Å². The molecule has 2 rings (SSSR count). The van der Waals surface area contributed by atoms with Crippen LogP contribution in [0.1, 0.15) is 42.1 Å². The number of hydrogen-bond donors (Lipinski definition) is 0. The maximum Gasteiger partial charge on any atom is 0.267 e. The molecule has 1 aliphatic heterocycles. The lowest BCUT2D eigenvalue weighted by Crippen LogP contribution is -2.49. The first-order chi connectivity index (χ1) is 9.02. The van der Waals surface area contributed by atoms with Crippen LogP contribution in [0.2, 0.25) is 0 Å². The van der Waals surface area contributed by atoms with Gasteiger partial charge in [0, 0.05) is 18.4 Å². The zero-order chi connectivity index (χ0) is 14.0. The molecule has 2 atom stereocenters. The maximum absolute atomic E-state index is 12.6. The topological polar surface area (TPSA) is 55.3 Å². The van der Waals surface area contributed by atoms with Crippen LogP contribution in [0, 0.1) is 0 Å². The Balaban J connectivity index is 2.16. The fourth-order valence-electron chi connectivity index (χ4n) is 2.16. The zero-order valence-electron chi connectivity index (χ0n) is 11.3. The highest BCUT2D eigenvalue weighted by molar-refractivity contribution is 9.09. The highest BCUT2D eigenvalue weighted by atomic mass is 79.9. The average molecular weight is 348 g/mol. The third-order valence-electron chi connectivity index (χ3n) is 3.04. The van der Waals surface area contributed by atoms with Crippen molar-refractivity contribution in [3.8, 4) is 0 Å². The minimum absolute atomic E-state index is 0.0276. The van der Waals surface area contributed by atoms with Gasteiger partial charge in [0.1, 0.15) is 4.88 Å². The van der Waals surface area contributed by atoms with Crippen LogP contribution < -0.4 is 0 Å². The van der Waals surface area contributed by atoms with Crippen molar-refractivity contribution in [3.05, 3.63) is 10.6 Å². The number of hydrogen-bond acceptors (Lipinski definition) is 5. The minimum Gasteiger partial charge on any atom is -0.371 e. The van der Waals surface area contributed by atoms with Crippen LogP contribution in [0.25, 0.3) is 0 Å². The molecule has 0 saturated carbocycles. The van der Waals surface area contributed by atoms with Crippen LogP contribution in [0.4, 0.5) is 0 Å². The number of carbonyl (C=O) groups is 1. The molecule has 1 saturated heterocycles. The molecule has 0 radical (unpaired) electrons. The number of amides is 1. The molecule has 1 fully saturated rings. The van der Waals surface area contributed by atoms with E-state index in [2.05, 4.69) is 25.5 Å². The molecule has 2 heterocycles. The normalized spacial score (nSPS) is 23.9. The number of ether oxygens (including phenoxy) is 1. The van der Waals surface area contributed by atoms with E-state index >= 15 is 0 Å². The molecular formula is C12H18BrN3O2S. The summed E-state index contributed by atoms with van der Waals surface area (Å²) >= 11 is 4.60. The van der Waals surface area contributed by atoms with E-state index in [0.29, 0.717) is 18.0 Å². The van der Waals surface area contributed by atoms with Gasteiger partial charge in [-0.3, -0.25) is 4.79 Å². The molecule has 0 aromatic carbocycles. The van der Waals surface area contributed by atoms with E-state index in [9.17, 15) is 4.79 Å². The number of morpholine rings is 1. The largest absolute Gasteiger partial charge is 0.371 e. The standard InChI is InChI=1S/C12H18BrN3O2S/c1-7(2)10-11(19-15-14-10)12(17)16-5-8(3)18-9(4-13)6-16/h7-9H,4-6H2,1-3H3. The summed E-state index contributed by atoms with van der Waals surface area (Å²) in [5, 5.41) is 4.81. The van der Waals surface area contributed by atoms with Gasteiger partial charge >= 0.3 is 0 Å². The summed E-state index contributed by atoms with van der Waals surface area (Å²) in [5.74, 6) is 0.239. The average Bonchev–Trinajstić information content (AvgIpc) is 2.86. The summed E-state index contributed by atoms with van der Waals surface area (Å²) in [4.78, 5) is 15.1. The van der Waals surface area contributed by atoms with E-state index in [1.807, 2.05) is 25.7 Å². The zero-order valence-corrected chi connectivity index (χ0v) is 13.7. The Labute approximate surface area is 125 Å². The van der Waals surface area contributed by atoms with E-state index in [-0.39, 0.29) is 24.0 Å². The fraction of sp³-hybridized carbons (Fsp3) is 0.750. The maximum atomic E-state index is 12.6. The van der Waals surface area contributed by atoms with Crippen LogP contribution in [0.5, 0.6) is 0 Å². The summed E-state index contributed by atoms with van der Waals surface area (Å²) in [7, 11) is 0. The molecule has 0 N–H and O–H groups in total. The SMILES string of the molecule is CC1CN(C(=O)c2snnc2C(C)C)CC(CBr)O1. The monoisotopic (exact) mass is 347 g/mol. The number of alkyl halides is 1. The summed E-state index contributed by atoms with van der Waals surface area (Å²) in [6.07, 6.45) is 0.111. The smallest absolute Gasteiger partial charge is 0.267 e. The van der Waals surface area contributed by atoms with E-state index in [4.69, 9.17) is 4.74 Å². The molecule has 1 amide bonds. The molecule has 1 aliphatic rings. The molecular weight excluding hydrogens is 330 g/mol. The van der Waals surface area contributed by atoms with Crippen molar-refractivity contribution in [1.82, 2.24) is 14.5 Å². The van der Waals surface area contributed by atoms with Crippen molar-refractivity contribution < 1.29 is 9.53 Å². The molecule has 1 aromatic rings. The third-order valence-corrected chi connectivity index (χ3v) is 4.49. The minimum atomic E-state index is 0.0276. The molecule has 5 nitrogen and oxygen atoms in total. The van der Waals surface area contributed by atoms with E-state index < -0.39 is 0 Å². The van der Waals surface area contributed by atoms with Crippen LogP contribution in [-0.2, 0) is 4.74 Å².